The molecule has 0 radical (unpaired) electrons. The number of benzene rings is 3. The maximum atomic E-state index is 13.2. The van der Waals surface area contributed by atoms with Crippen LogP contribution in [0.2, 0.25) is 0 Å². The fraction of sp³-hybridized carbons (Fsp3) is 0.222. The minimum Gasteiger partial charge on any atom is -0.434 e. The highest BCUT2D eigenvalue weighted by Gasteiger charge is 2.28. The van der Waals surface area contributed by atoms with Gasteiger partial charge in [0.25, 0.3) is 11.8 Å². The van der Waals surface area contributed by atoms with Crippen molar-refractivity contribution in [1.82, 2.24) is 19.4 Å². The molecule has 1 aliphatic rings. The third kappa shape index (κ3) is 4.51. The lowest BCUT2D eigenvalue weighted by Gasteiger charge is -2.35. The molecule has 0 spiro atoms. The number of ether oxygens (including phenoxy) is 1. The van der Waals surface area contributed by atoms with E-state index in [1.54, 1.807) is 28.0 Å². The van der Waals surface area contributed by atoms with Crippen molar-refractivity contribution in [1.29, 1.82) is 0 Å². The maximum Gasteiger partial charge on any atom is 0.387 e. The second kappa shape index (κ2) is 9.77. The Morgan fingerprint density at radius 3 is 2.19 bits per heavy atom. The number of piperazine rings is 1. The molecule has 2 amide bonds. The third-order valence-electron chi connectivity index (χ3n) is 6.27. The van der Waals surface area contributed by atoms with Crippen LogP contribution in [0.1, 0.15) is 26.5 Å². The van der Waals surface area contributed by atoms with Crippen LogP contribution < -0.4 is 4.74 Å². The van der Waals surface area contributed by atoms with Gasteiger partial charge in [-0.15, -0.1) is 0 Å². The van der Waals surface area contributed by atoms with Crippen molar-refractivity contribution in [3.8, 4) is 11.4 Å². The highest BCUT2D eigenvalue weighted by molar-refractivity contribution is 5.99. The van der Waals surface area contributed by atoms with Gasteiger partial charge >= 0.3 is 6.61 Å². The number of aryl methyl sites for hydroxylation is 1. The lowest BCUT2D eigenvalue weighted by Crippen LogP contribution is -2.50. The van der Waals surface area contributed by atoms with Crippen molar-refractivity contribution < 1.29 is 23.1 Å². The summed E-state index contributed by atoms with van der Waals surface area (Å²) in [5.41, 5.74) is 3.24. The average Bonchev–Trinajstić information content (AvgIpc) is 3.23. The molecule has 4 aromatic rings. The summed E-state index contributed by atoms with van der Waals surface area (Å²) in [6.45, 7) is 0.147. The smallest absolute Gasteiger partial charge is 0.387 e. The zero-order chi connectivity index (χ0) is 25.2. The molecule has 5 rings (SSSR count). The SMILES string of the molecule is Cc1nc2cc(C(=O)N3CCN(C(=O)c4ccccc4OC(F)F)CC3)ccc2n1-c1ccccc1. The molecule has 1 fully saturated rings. The minimum atomic E-state index is -3.02. The Kier molecular flexibility index (Phi) is 6.37. The number of alkyl halides is 2. The van der Waals surface area contributed by atoms with Crippen molar-refractivity contribution in [2.24, 2.45) is 0 Å². The lowest BCUT2D eigenvalue weighted by atomic mass is 10.1. The van der Waals surface area contributed by atoms with E-state index in [4.69, 9.17) is 0 Å². The van der Waals surface area contributed by atoms with Gasteiger partial charge in [-0.2, -0.15) is 8.78 Å². The first kappa shape index (κ1) is 23.5. The summed E-state index contributed by atoms with van der Waals surface area (Å²) in [7, 11) is 0. The summed E-state index contributed by atoms with van der Waals surface area (Å²) >= 11 is 0. The van der Waals surface area contributed by atoms with Gasteiger partial charge < -0.3 is 14.5 Å². The van der Waals surface area contributed by atoms with Crippen LogP contribution in [0.15, 0.2) is 72.8 Å². The standard InChI is InChI=1S/C27H24F2N4O3/c1-18-30-22-17-19(11-12-23(22)33(18)20-7-3-2-4-8-20)25(34)31-13-15-32(16-14-31)26(35)21-9-5-6-10-24(21)36-27(28)29/h2-12,17,27H,13-16H2,1H3. The fourth-order valence-corrected chi connectivity index (χ4v) is 4.54. The normalized spacial score (nSPS) is 13.9. The van der Waals surface area contributed by atoms with E-state index in [0.29, 0.717) is 18.7 Å². The monoisotopic (exact) mass is 490 g/mol. The number of amides is 2. The summed E-state index contributed by atoms with van der Waals surface area (Å²) < 4.78 is 32.0. The molecule has 2 heterocycles. The van der Waals surface area contributed by atoms with Crippen LogP contribution in [0.4, 0.5) is 8.78 Å². The summed E-state index contributed by atoms with van der Waals surface area (Å²) in [4.78, 5) is 34.0. The molecule has 0 aliphatic carbocycles. The number of para-hydroxylation sites is 2. The quantitative estimate of drug-likeness (QED) is 0.412. The van der Waals surface area contributed by atoms with E-state index in [2.05, 4.69) is 9.72 Å². The Bertz CT molecular complexity index is 1410. The van der Waals surface area contributed by atoms with Crippen LogP contribution in [-0.4, -0.2) is 64.0 Å². The zero-order valence-corrected chi connectivity index (χ0v) is 19.6. The molecule has 0 bridgehead atoms. The van der Waals surface area contributed by atoms with E-state index in [9.17, 15) is 18.4 Å². The van der Waals surface area contributed by atoms with Crippen molar-refractivity contribution in [3.05, 3.63) is 89.7 Å². The highest BCUT2D eigenvalue weighted by atomic mass is 19.3. The summed E-state index contributed by atoms with van der Waals surface area (Å²) in [6, 6.07) is 21.3. The molecule has 184 valence electrons. The minimum absolute atomic E-state index is 0.0763. The molecule has 0 atom stereocenters. The van der Waals surface area contributed by atoms with Gasteiger partial charge in [-0.3, -0.25) is 14.2 Å². The van der Waals surface area contributed by atoms with Gasteiger partial charge in [0.15, 0.2) is 0 Å². The number of carbonyl (C=O) groups excluding carboxylic acids is 2. The van der Waals surface area contributed by atoms with Crippen LogP contribution in [0.5, 0.6) is 5.75 Å². The molecule has 36 heavy (non-hydrogen) atoms. The second-order valence-electron chi connectivity index (χ2n) is 8.49. The van der Waals surface area contributed by atoms with E-state index in [-0.39, 0.29) is 30.3 Å². The Morgan fingerprint density at radius 1 is 0.861 bits per heavy atom. The van der Waals surface area contributed by atoms with Crippen molar-refractivity contribution in [2.75, 3.05) is 26.2 Å². The number of fused-ring (bicyclic) bond motifs is 1. The molecule has 1 aliphatic heterocycles. The number of carbonyl (C=O) groups is 2. The summed E-state index contributed by atoms with van der Waals surface area (Å²) in [6.07, 6.45) is 0. The van der Waals surface area contributed by atoms with Crippen molar-refractivity contribution in [3.63, 3.8) is 0 Å². The molecule has 1 aromatic heterocycles. The summed E-state index contributed by atoms with van der Waals surface area (Å²) in [5, 5.41) is 0. The highest BCUT2D eigenvalue weighted by Crippen LogP contribution is 2.25. The van der Waals surface area contributed by atoms with Gasteiger partial charge in [0, 0.05) is 37.4 Å². The van der Waals surface area contributed by atoms with Gasteiger partial charge in [-0.05, 0) is 49.4 Å². The van der Waals surface area contributed by atoms with Gasteiger partial charge in [-0.25, -0.2) is 4.98 Å². The first-order chi connectivity index (χ1) is 17.4. The zero-order valence-electron chi connectivity index (χ0n) is 19.6. The van der Waals surface area contributed by atoms with Crippen molar-refractivity contribution >= 4 is 22.8 Å². The van der Waals surface area contributed by atoms with Gasteiger partial charge in [0.1, 0.15) is 11.6 Å². The van der Waals surface area contributed by atoms with Crippen LogP contribution >= 0.6 is 0 Å². The molecule has 3 aromatic carbocycles. The van der Waals surface area contributed by atoms with Gasteiger partial charge in [0.2, 0.25) is 0 Å². The first-order valence-corrected chi connectivity index (χ1v) is 11.6. The predicted octanol–water partition coefficient (Wildman–Crippen LogP) is 4.53. The maximum absolute atomic E-state index is 13.2. The number of imidazole rings is 1. The number of nitrogens with zero attached hydrogens (tertiary/aromatic N) is 4. The molecule has 9 heteroatoms. The second-order valence-corrected chi connectivity index (χ2v) is 8.49. The Morgan fingerprint density at radius 2 is 1.50 bits per heavy atom. The van der Waals surface area contributed by atoms with E-state index in [0.717, 1.165) is 22.5 Å². The van der Waals surface area contributed by atoms with Crippen LogP contribution in [-0.2, 0) is 0 Å². The molecular formula is C27H24F2N4O3. The molecule has 1 saturated heterocycles. The van der Waals surface area contributed by atoms with Gasteiger partial charge in [0.05, 0.1) is 16.6 Å². The van der Waals surface area contributed by atoms with E-state index < -0.39 is 12.5 Å². The topological polar surface area (TPSA) is 67.7 Å². The van der Waals surface area contributed by atoms with E-state index in [1.165, 1.54) is 18.2 Å². The number of hydrogen-bond donors (Lipinski definition) is 0. The number of halogens is 2. The summed E-state index contributed by atoms with van der Waals surface area (Å²) in [5.74, 6) is 0.123. The Hall–Kier alpha value is -4.27. The molecule has 7 nitrogen and oxygen atoms in total. The van der Waals surface area contributed by atoms with E-state index >= 15 is 0 Å². The lowest BCUT2D eigenvalue weighted by molar-refractivity contribution is -0.0503. The third-order valence-corrected chi connectivity index (χ3v) is 6.27. The average molecular weight is 491 g/mol. The van der Waals surface area contributed by atoms with Gasteiger partial charge in [-0.1, -0.05) is 30.3 Å². The predicted molar refractivity (Wildman–Crippen MR) is 131 cm³/mol. The molecule has 0 saturated carbocycles. The Balaban J connectivity index is 1.29. The van der Waals surface area contributed by atoms with Crippen molar-refractivity contribution in [2.45, 2.75) is 13.5 Å². The van der Waals surface area contributed by atoms with Crippen LogP contribution in [0.25, 0.3) is 16.7 Å². The fourth-order valence-electron chi connectivity index (χ4n) is 4.54. The first-order valence-electron chi connectivity index (χ1n) is 11.6. The molecular weight excluding hydrogens is 466 g/mol. The number of rotatable bonds is 5. The number of aromatic nitrogens is 2. The van der Waals surface area contributed by atoms with Crippen LogP contribution in [0, 0.1) is 6.92 Å². The largest absolute Gasteiger partial charge is 0.434 e. The molecule has 0 unspecified atom stereocenters. The van der Waals surface area contributed by atoms with E-state index in [1.807, 2.05) is 47.9 Å². The van der Waals surface area contributed by atoms with Crippen LogP contribution in [0.3, 0.4) is 0 Å². The Labute approximate surface area is 206 Å². The number of hydrogen-bond acceptors (Lipinski definition) is 4. The molecule has 0 N–H and O–H groups in total.